The largest absolute Gasteiger partial charge is 0.497 e. The predicted octanol–water partition coefficient (Wildman–Crippen LogP) is 2.89. The van der Waals surface area contributed by atoms with Crippen molar-refractivity contribution in [3.63, 3.8) is 0 Å². The molecule has 1 aromatic heterocycles. The summed E-state index contributed by atoms with van der Waals surface area (Å²) in [5.74, 6) is 1.18. The number of aromatic nitrogens is 1. The van der Waals surface area contributed by atoms with Gasteiger partial charge in [-0.3, -0.25) is 9.36 Å². The van der Waals surface area contributed by atoms with E-state index in [1.165, 1.54) is 4.57 Å². The first-order chi connectivity index (χ1) is 10.1. The van der Waals surface area contributed by atoms with Gasteiger partial charge in [-0.2, -0.15) is 0 Å². The van der Waals surface area contributed by atoms with E-state index in [0.717, 1.165) is 22.4 Å². The highest BCUT2D eigenvalue weighted by atomic mass is 16.5. The minimum Gasteiger partial charge on any atom is -0.497 e. The van der Waals surface area contributed by atoms with Gasteiger partial charge >= 0.3 is 0 Å². The predicted molar refractivity (Wildman–Crippen MR) is 85.2 cm³/mol. The SMILES string of the molecule is COc1ccc(-n2c(N)cc3ccccc3c2=O)c(C)c1. The van der Waals surface area contributed by atoms with Gasteiger partial charge in [0.05, 0.1) is 12.8 Å². The third-order valence-corrected chi connectivity index (χ3v) is 3.60. The Morgan fingerprint density at radius 1 is 1.10 bits per heavy atom. The molecule has 2 N–H and O–H groups in total. The summed E-state index contributed by atoms with van der Waals surface area (Å²) in [5.41, 5.74) is 7.68. The average Bonchev–Trinajstić information content (AvgIpc) is 2.48. The van der Waals surface area contributed by atoms with Crippen LogP contribution >= 0.6 is 0 Å². The van der Waals surface area contributed by atoms with Gasteiger partial charge in [0, 0.05) is 5.39 Å². The fourth-order valence-corrected chi connectivity index (χ4v) is 2.53. The number of hydrogen-bond acceptors (Lipinski definition) is 3. The monoisotopic (exact) mass is 280 g/mol. The Bertz CT molecular complexity index is 882. The molecule has 0 spiro atoms. The second-order valence-corrected chi connectivity index (χ2v) is 4.95. The molecule has 0 bridgehead atoms. The van der Waals surface area contributed by atoms with Gasteiger partial charge in [0.1, 0.15) is 11.6 Å². The highest BCUT2D eigenvalue weighted by molar-refractivity contribution is 5.84. The summed E-state index contributed by atoms with van der Waals surface area (Å²) < 4.78 is 6.74. The molecule has 0 radical (unpaired) electrons. The number of aryl methyl sites for hydroxylation is 1. The third kappa shape index (κ3) is 2.14. The Morgan fingerprint density at radius 3 is 2.57 bits per heavy atom. The van der Waals surface area contributed by atoms with Crippen LogP contribution in [-0.4, -0.2) is 11.7 Å². The van der Waals surface area contributed by atoms with E-state index < -0.39 is 0 Å². The fourth-order valence-electron chi connectivity index (χ4n) is 2.53. The molecule has 0 aliphatic rings. The number of rotatable bonds is 2. The molecule has 21 heavy (non-hydrogen) atoms. The molecule has 3 rings (SSSR count). The van der Waals surface area contributed by atoms with Gasteiger partial charge in [-0.05, 0) is 48.2 Å². The van der Waals surface area contributed by atoms with Crippen LogP contribution in [-0.2, 0) is 0 Å². The van der Waals surface area contributed by atoms with Crippen LogP contribution in [0.2, 0.25) is 0 Å². The molecule has 0 aliphatic carbocycles. The van der Waals surface area contributed by atoms with Gasteiger partial charge in [-0.1, -0.05) is 18.2 Å². The van der Waals surface area contributed by atoms with Gasteiger partial charge in [-0.25, -0.2) is 0 Å². The normalized spacial score (nSPS) is 10.8. The quantitative estimate of drug-likeness (QED) is 0.785. The lowest BCUT2D eigenvalue weighted by molar-refractivity contribution is 0.414. The molecular weight excluding hydrogens is 264 g/mol. The highest BCUT2D eigenvalue weighted by Crippen LogP contribution is 2.23. The number of nitrogens with zero attached hydrogens (tertiary/aromatic N) is 1. The maximum absolute atomic E-state index is 12.7. The van der Waals surface area contributed by atoms with E-state index in [0.29, 0.717) is 11.2 Å². The smallest absolute Gasteiger partial charge is 0.264 e. The first kappa shape index (κ1) is 13.2. The van der Waals surface area contributed by atoms with Crippen molar-refractivity contribution in [2.75, 3.05) is 12.8 Å². The second kappa shape index (κ2) is 4.98. The van der Waals surface area contributed by atoms with Crippen molar-refractivity contribution in [3.8, 4) is 11.4 Å². The van der Waals surface area contributed by atoms with E-state index in [2.05, 4.69) is 0 Å². The van der Waals surface area contributed by atoms with Crippen molar-refractivity contribution in [2.45, 2.75) is 6.92 Å². The lowest BCUT2D eigenvalue weighted by atomic mass is 10.1. The van der Waals surface area contributed by atoms with Crippen LogP contribution in [0.1, 0.15) is 5.56 Å². The van der Waals surface area contributed by atoms with Crippen LogP contribution in [0.4, 0.5) is 5.82 Å². The number of methoxy groups -OCH3 is 1. The van der Waals surface area contributed by atoms with Crippen molar-refractivity contribution in [1.82, 2.24) is 4.57 Å². The van der Waals surface area contributed by atoms with E-state index >= 15 is 0 Å². The number of pyridine rings is 1. The van der Waals surface area contributed by atoms with Gasteiger partial charge in [0.15, 0.2) is 0 Å². The maximum Gasteiger partial charge on any atom is 0.264 e. The molecule has 0 fully saturated rings. The fraction of sp³-hybridized carbons (Fsp3) is 0.118. The molecule has 0 saturated carbocycles. The number of benzene rings is 2. The number of anilines is 1. The van der Waals surface area contributed by atoms with Crippen molar-refractivity contribution < 1.29 is 4.74 Å². The number of nitrogens with two attached hydrogens (primary N) is 1. The van der Waals surface area contributed by atoms with Crippen LogP contribution in [0.5, 0.6) is 5.75 Å². The van der Waals surface area contributed by atoms with Crippen LogP contribution in [0.25, 0.3) is 16.5 Å². The first-order valence-corrected chi connectivity index (χ1v) is 6.67. The first-order valence-electron chi connectivity index (χ1n) is 6.67. The zero-order chi connectivity index (χ0) is 15.0. The molecular formula is C17H16N2O2. The van der Waals surface area contributed by atoms with Crippen molar-refractivity contribution in [3.05, 3.63) is 64.4 Å². The van der Waals surface area contributed by atoms with E-state index in [-0.39, 0.29) is 5.56 Å². The van der Waals surface area contributed by atoms with Crippen molar-refractivity contribution in [2.24, 2.45) is 0 Å². The van der Waals surface area contributed by atoms with E-state index in [1.807, 2.05) is 55.5 Å². The molecule has 0 saturated heterocycles. The van der Waals surface area contributed by atoms with E-state index in [1.54, 1.807) is 7.11 Å². The lowest BCUT2D eigenvalue weighted by Gasteiger charge is -2.14. The number of fused-ring (bicyclic) bond motifs is 1. The van der Waals surface area contributed by atoms with Gasteiger partial charge in [0.25, 0.3) is 5.56 Å². The van der Waals surface area contributed by atoms with Gasteiger partial charge in [-0.15, -0.1) is 0 Å². The van der Waals surface area contributed by atoms with Crippen molar-refractivity contribution in [1.29, 1.82) is 0 Å². The summed E-state index contributed by atoms with van der Waals surface area (Å²) >= 11 is 0. The zero-order valence-corrected chi connectivity index (χ0v) is 12.0. The molecule has 3 aromatic rings. The van der Waals surface area contributed by atoms with Crippen molar-refractivity contribution >= 4 is 16.6 Å². The zero-order valence-electron chi connectivity index (χ0n) is 12.0. The Balaban J connectivity index is 2.33. The number of hydrogen-bond donors (Lipinski definition) is 1. The molecule has 4 nitrogen and oxygen atoms in total. The molecule has 0 amide bonds. The molecule has 4 heteroatoms. The molecule has 1 heterocycles. The molecule has 2 aromatic carbocycles. The molecule has 0 atom stereocenters. The van der Waals surface area contributed by atoms with E-state index in [9.17, 15) is 4.79 Å². The molecule has 0 unspecified atom stereocenters. The van der Waals surface area contributed by atoms with Crippen LogP contribution in [0.15, 0.2) is 53.3 Å². The average molecular weight is 280 g/mol. The topological polar surface area (TPSA) is 57.2 Å². The Labute approximate surface area is 122 Å². The Hall–Kier alpha value is -2.75. The summed E-state index contributed by atoms with van der Waals surface area (Å²) in [5, 5.41) is 1.50. The summed E-state index contributed by atoms with van der Waals surface area (Å²) in [6, 6.07) is 14.8. The maximum atomic E-state index is 12.7. The Kier molecular flexibility index (Phi) is 3.14. The van der Waals surface area contributed by atoms with Crippen LogP contribution in [0.3, 0.4) is 0 Å². The summed E-state index contributed by atoms with van der Waals surface area (Å²) in [7, 11) is 1.62. The van der Waals surface area contributed by atoms with Crippen LogP contribution < -0.4 is 16.0 Å². The van der Waals surface area contributed by atoms with Gasteiger partial charge < -0.3 is 10.5 Å². The lowest BCUT2D eigenvalue weighted by Crippen LogP contribution is -2.22. The highest BCUT2D eigenvalue weighted by Gasteiger charge is 2.11. The summed E-state index contributed by atoms with van der Waals surface area (Å²) in [6.07, 6.45) is 0. The minimum atomic E-state index is -0.112. The molecule has 0 aliphatic heterocycles. The minimum absolute atomic E-state index is 0.112. The third-order valence-electron chi connectivity index (χ3n) is 3.60. The second-order valence-electron chi connectivity index (χ2n) is 4.95. The van der Waals surface area contributed by atoms with E-state index in [4.69, 9.17) is 10.5 Å². The summed E-state index contributed by atoms with van der Waals surface area (Å²) in [6.45, 7) is 1.93. The van der Waals surface area contributed by atoms with Gasteiger partial charge in [0.2, 0.25) is 0 Å². The summed E-state index contributed by atoms with van der Waals surface area (Å²) in [4.78, 5) is 12.7. The molecule has 106 valence electrons. The number of nitrogen functional groups attached to an aromatic ring is 1. The van der Waals surface area contributed by atoms with Crippen LogP contribution in [0, 0.1) is 6.92 Å². The number of ether oxygens (including phenoxy) is 1. The Morgan fingerprint density at radius 2 is 1.86 bits per heavy atom. The standard InChI is InChI=1S/C17H16N2O2/c1-11-9-13(21-2)7-8-15(11)19-16(18)10-12-5-3-4-6-14(12)17(19)20/h3-10H,18H2,1-2H3.